The molecule has 1 aliphatic rings. The van der Waals surface area contributed by atoms with E-state index in [1.807, 2.05) is 29.2 Å². The number of rotatable bonds is 6. The van der Waals surface area contributed by atoms with Gasteiger partial charge >= 0.3 is 6.03 Å². The number of hydrogen-bond donors (Lipinski definition) is 2. The van der Waals surface area contributed by atoms with Gasteiger partial charge in [0.1, 0.15) is 0 Å². The second-order valence-electron chi connectivity index (χ2n) is 6.26. The van der Waals surface area contributed by atoms with E-state index in [4.69, 9.17) is 16.3 Å². The molecule has 2 N–H and O–H groups in total. The van der Waals surface area contributed by atoms with Crippen LogP contribution in [0.15, 0.2) is 30.5 Å². The number of methoxy groups -OCH3 is 1. The second-order valence-corrected chi connectivity index (χ2v) is 6.69. The lowest BCUT2D eigenvalue weighted by molar-refractivity contribution is 0.106. The number of piperazine rings is 1. The largest absolute Gasteiger partial charge is 0.383 e. The van der Waals surface area contributed by atoms with Crippen molar-refractivity contribution >= 4 is 17.6 Å². The Hall–Kier alpha value is -2.09. The van der Waals surface area contributed by atoms with Crippen LogP contribution in [0.25, 0.3) is 11.3 Å². The van der Waals surface area contributed by atoms with Crippen molar-refractivity contribution in [2.45, 2.75) is 6.54 Å². The molecule has 140 valence electrons. The lowest BCUT2D eigenvalue weighted by Gasteiger charge is -2.34. The van der Waals surface area contributed by atoms with E-state index in [2.05, 4.69) is 20.4 Å². The first-order chi connectivity index (χ1) is 12.7. The topological polar surface area (TPSA) is 73.5 Å². The minimum Gasteiger partial charge on any atom is -0.383 e. The fourth-order valence-corrected chi connectivity index (χ4v) is 3.12. The summed E-state index contributed by atoms with van der Waals surface area (Å²) in [6.45, 7) is 5.26. The number of urea groups is 1. The molecule has 0 atom stereocenters. The van der Waals surface area contributed by atoms with Crippen molar-refractivity contribution in [2.75, 3.05) is 46.4 Å². The van der Waals surface area contributed by atoms with Crippen LogP contribution in [-0.4, -0.2) is 72.5 Å². The number of halogens is 1. The van der Waals surface area contributed by atoms with Crippen LogP contribution >= 0.6 is 11.6 Å². The number of H-pyrrole nitrogens is 1. The van der Waals surface area contributed by atoms with E-state index in [1.54, 1.807) is 13.3 Å². The van der Waals surface area contributed by atoms with E-state index in [0.29, 0.717) is 11.6 Å². The van der Waals surface area contributed by atoms with Gasteiger partial charge in [0.15, 0.2) is 0 Å². The SMILES string of the molecule is COCCN1CCN(C(=O)NCc2cn[nH]c2-c2ccc(Cl)cc2)CC1. The number of carbonyl (C=O) groups is 1. The number of hydrogen-bond acceptors (Lipinski definition) is 4. The fraction of sp³-hybridized carbons (Fsp3) is 0.444. The summed E-state index contributed by atoms with van der Waals surface area (Å²) in [5, 5.41) is 10.8. The van der Waals surface area contributed by atoms with Crippen LogP contribution in [-0.2, 0) is 11.3 Å². The molecule has 0 radical (unpaired) electrons. The lowest BCUT2D eigenvalue weighted by Crippen LogP contribution is -2.52. The van der Waals surface area contributed by atoms with Crippen molar-refractivity contribution < 1.29 is 9.53 Å². The summed E-state index contributed by atoms with van der Waals surface area (Å²) in [6.07, 6.45) is 1.74. The average molecular weight is 378 g/mol. The highest BCUT2D eigenvalue weighted by atomic mass is 35.5. The molecule has 1 aromatic carbocycles. The van der Waals surface area contributed by atoms with Crippen LogP contribution in [0.4, 0.5) is 4.79 Å². The highest BCUT2D eigenvalue weighted by molar-refractivity contribution is 6.30. The molecular formula is C18H24ClN5O2. The third kappa shape index (κ3) is 4.75. The van der Waals surface area contributed by atoms with Gasteiger partial charge in [-0.1, -0.05) is 23.7 Å². The summed E-state index contributed by atoms with van der Waals surface area (Å²) in [7, 11) is 1.71. The van der Waals surface area contributed by atoms with E-state index < -0.39 is 0 Å². The Kier molecular flexibility index (Phi) is 6.49. The normalized spacial score (nSPS) is 15.2. The Labute approximate surface area is 158 Å². The van der Waals surface area contributed by atoms with Crippen molar-refractivity contribution in [1.29, 1.82) is 0 Å². The molecule has 0 bridgehead atoms. The first-order valence-corrected chi connectivity index (χ1v) is 9.07. The Bertz CT molecular complexity index is 711. The van der Waals surface area contributed by atoms with E-state index in [0.717, 1.165) is 56.2 Å². The van der Waals surface area contributed by atoms with Crippen molar-refractivity contribution in [3.05, 3.63) is 41.0 Å². The van der Waals surface area contributed by atoms with Crippen LogP contribution in [0, 0.1) is 0 Å². The molecule has 1 aliphatic heterocycles. The molecule has 0 spiro atoms. The maximum atomic E-state index is 12.4. The van der Waals surface area contributed by atoms with Crippen molar-refractivity contribution in [3.8, 4) is 11.3 Å². The Balaban J connectivity index is 1.51. The monoisotopic (exact) mass is 377 g/mol. The molecule has 7 nitrogen and oxygen atoms in total. The lowest BCUT2D eigenvalue weighted by atomic mass is 10.1. The van der Waals surface area contributed by atoms with E-state index in [-0.39, 0.29) is 6.03 Å². The molecule has 0 saturated carbocycles. The molecule has 1 fully saturated rings. The standard InChI is InChI=1S/C18H24ClN5O2/c1-26-11-10-23-6-8-24(9-7-23)18(25)20-12-15-13-21-22-17(15)14-2-4-16(19)5-3-14/h2-5,13H,6-12H2,1H3,(H,20,25)(H,21,22). The van der Waals surface area contributed by atoms with Gasteiger partial charge in [-0.25, -0.2) is 4.79 Å². The minimum atomic E-state index is -0.0420. The molecule has 1 aromatic heterocycles. The highest BCUT2D eigenvalue weighted by Crippen LogP contribution is 2.22. The molecular weight excluding hydrogens is 354 g/mol. The maximum absolute atomic E-state index is 12.4. The predicted octanol–water partition coefficient (Wildman–Crippen LogP) is 2.20. The summed E-state index contributed by atoms with van der Waals surface area (Å²) < 4.78 is 5.10. The first-order valence-electron chi connectivity index (χ1n) is 8.69. The average Bonchev–Trinajstić information content (AvgIpc) is 3.14. The van der Waals surface area contributed by atoms with Gasteiger partial charge in [0.2, 0.25) is 0 Å². The maximum Gasteiger partial charge on any atom is 0.317 e. The number of amides is 2. The molecule has 0 aliphatic carbocycles. The molecule has 2 aromatic rings. The number of benzene rings is 1. The zero-order valence-corrected chi connectivity index (χ0v) is 15.6. The molecule has 8 heteroatoms. The quantitative estimate of drug-likeness (QED) is 0.809. The van der Waals surface area contributed by atoms with Gasteiger partial charge in [-0.15, -0.1) is 0 Å². The Morgan fingerprint density at radius 2 is 2.00 bits per heavy atom. The Morgan fingerprint density at radius 1 is 1.27 bits per heavy atom. The number of ether oxygens (including phenoxy) is 1. The number of aromatic nitrogens is 2. The molecule has 26 heavy (non-hydrogen) atoms. The van der Waals surface area contributed by atoms with Crippen molar-refractivity contribution in [2.24, 2.45) is 0 Å². The number of nitrogens with one attached hydrogen (secondary N) is 2. The van der Waals surface area contributed by atoms with E-state index in [1.165, 1.54) is 0 Å². The van der Waals surface area contributed by atoms with Crippen molar-refractivity contribution in [3.63, 3.8) is 0 Å². The second kappa shape index (κ2) is 9.02. The van der Waals surface area contributed by atoms with Gasteiger partial charge in [0.05, 0.1) is 18.5 Å². The van der Waals surface area contributed by atoms with Crippen molar-refractivity contribution in [1.82, 2.24) is 25.3 Å². The zero-order chi connectivity index (χ0) is 18.4. The van der Waals surface area contributed by atoms with E-state index in [9.17, 15) is 4.79 Å². The zero-order valence-electron chi connectivity index (χ0n) is 14.9. The van der Waals surface area contributed by atoms with E-state index >= 15 is 0 Å². The van der Waals surface area contributed by atoms with Gasteiger partial charge < -0.3 is 15.0 Å². The summed E-state index contributed by atoms with van der Waals surface area (Å²) in [4.78, 5) is 16.6. The summed E-state index contributed by atoms with van der Waals surface area (Å²) in [6, 6.07) is 7.49. The van der Waals surface area contributed by atoms with Gasteiger partial charge in [0.25, 0.3) is 0 Å². The van der Waals surface area contributed by atoms with Crippen LogP contribution in [0.2, 0.25) is 5.02 Å². The van der Waals surface area contributed by atoms with Crippen LogP contribution in [0.3, 0.4) is 0 Å². The predicted molar refractivity (Wildman–Crippen MR) is 101 cm³/mol. The molecule has 2 heterocycles. The van der Waals surface area contributed by atoms with Crippen LogP contribution < -0.4 is 5.32 Å². The molecule has 3 rings (SSSR count). The van der Waals surface area contributed by atoms with Gasteiger partial charge in [0, 0.05) is 57.0 Å². The molecule has 2 amide bonds. The molecule has 1 saturated heterocycles. The Morgan fingerprint density at radius 3 is 2.69 bits per heavy atom. The van der Waals surface area contributed by atoms with Gasteiger partial charge in [-0.2, -0.15) is 5.10 Å². The fourth-order valence-electron chi connectivity index (χ4n) is 2.99. The number of aromatic amines is 1. The number of nitrogens with zero attached hydrogens (tertiary/aromatic N) is 3. The summed E-state index contributed by atoms with van der Waals surface area (Å²) in [5.74, 6) is 0. The highest BCUT2D eigenvalue weighted by Gasteiger charge is 2.21. The van der Waals surface area contributed by atoms with Crippen LogP contribution in [0.1, 0.15) is 5.56 Å². The smallest absolute Gasteiger partial charge is 0.317 e. The minimum absolute atomic E-state index is 0.0420. The summed E-state index contributed by atoms with van der Waals surface area (Å²) in [5.41, 5.74) is 2.83. The summed E-state index contributed by atoms with van der Waals surface area (Å²) >= 11 is 5.94. The van der Waals surface area contributed by atoms with Gasteiger partial charge in [-0.05, 0) is 17.7 Å². The van der Waals surface area contributed by atoms with Crippen LogP contribution in [0.5, 0.6) is 0 Å². The third-order valence-electron chi connectivity index (χ3n) is 4.55. The third-order valence-corrected chi connectivity index (χ3v) is 4.80. The molecule has 0 unspecified atom stereocenters. The number of carbonyl (C=O) groups excluding carboxylic acids is 1. The first kappa shape index (κ1) is 18.7. The van der Waals surface area contributed by atoms with Gasteiger partial charge in [-0.3, -0.25) is 10.00 Å².